The molecular formula is C25H27NO2. The summed E-state index contributed by atoms with van der Waals surface area (Å²) < 4.78 is 12.6. The first-order valence-electron chi connectivity index (χ1n) is 9.97. The Balaban J connectivity index is 1.62. The first-order valence-corrected chi connectivity index (χ1v) is 9.97. The van der Waals surface area contributed by atoms with E-state index in [2.05, 4.69) is 48.6 Å². The van der Waals surface area contributed by atoms with Gasteiger partial charge in [-0.1, -0.05) is 72.8 Å². The van der Waals surface area contributed by atoms with Gasteiger partial charge < -0.3 is 14.8 Å². The van der Waals surface area contributed by atoms with Crippen molar-refractivity contribution in [1.82, 2.24) is 5.32 Å². The van der Waals surface area contributed by atoms with Gasteiger partial charge in [-0.3, -0.25) is 0 Å². The summed E-state index contributed by atoms with van der Waals surface area (Å²) in [7, 11) is 0. The highest BCUT2D eigenvalue weighted by atomic mass is 16.5. The minimum absolute atomic E-state index is 0.0852. The zero-order valence-electron chi connectivity index (χ0n) is 16.4. The molecule has 4 rings (SSSR count). The Labute approximate surface area is 167 Å². The summed E-state index contributed by atoms with van der Waals surface area (Å²) in [5.41, 5.74) is 3.38. The van der Waals surface area contributed by atoms with Crippen molar-refractivity contribution >= 4 is 0 Å². The molecule has 0 aliphatic carbocycles. The van der Waals surface area contributed by atoms with E-state index in [0.717, 1.165) is 35.6 Å². The van der Waals surface area contributed by atoms with Crippen LogP contribution in [0, 0.1) is 0 Å². The fraction of sp³-hybridized carbons (Fsp3) is 0.280. The lowest BCUT2D eigenvalue weighted by Gasteiger charge is -2.28. The van der Waals surface area contributed by atoms with Crippen LogP contribution < -0.4 is 14.8 Å². The Bertz CT molecular complexity index is 887. The van der Waals surface area contributed by atoms with Gasteiger partial charge in [0.15, 0.2) is 11.5 Å². The van der Waals surface area contributed by atoms with E-state index in [1.807, 2.05) is 42.5 Å². The number of para-hydroxylation sites is 1. The van der Waals surface area contributed by atoms with Crippen molar-refractivity contribution in [3.8, 4) is 11.5 Å². The number of hydrogen-bond donors (Lipinski definition) is 1. The molecule has 3 aromatic carbocycles. The van der Waals surface area contributed by atoms with Gasteiger partial charge in [-0.25, -0.2) is 0 Å². The minimum atomic E-state index is -0.0852. The first-order chi connectivity index (χ1) is 13.7. The lowest BCUT2D eigenvalue weighted by Crippen LogP contribution is -2.33. The molecule has 1 unspecified atom stereocenters. The summed E-state index contributed by atoms with van der Waals surface area (Å²) in [6.45, 7) is 4.33. The summed E-state index contributed by atoms with van der Waals surface area (Å²) in [6.07, 6.45) is 2.26. The monoisotopic (exact) mass is 373 g/mol. The summed E-state index contributed by atoms with van der Waals surface area (Å²) in [5.74, 6) is 1.64. The minimum Gasteiger partial charge on any atom is -0.485 e. The standard InChI is InChI=1S/C25H27NO2/c1-25(16-9-17-26-25)22-14-8-15-23(27-18-20-10-4-2-5-11-20)24(22)28-19-21-12-6-3-7-13-21/h2-8,10-15,26H,9,16-19H2,1H3. The predicted octanol–water partition coefficient (Wildman–Crippen LogP) is 5.44. The fourth-order valence-electron chi connectivity index (χ4n) is 3.80. The van der Waals surface area contributed by atoms with Gasteiger partial charge in [-0.05, 0) is 43.5 Å². The Morgan fingerprint density at radius 2 is 1.43 bits per heavy atom. The third-order valence-corrected chi connectivity index (χ3v) is 5.41. The second-order valence-corrected chi connectivity index (χ2v) is 7.54. The van der Waals surface area contributed by atoms with Gasteiger partial charge in [0, 0.05) is 11.1 Å². The highest BCUT2D eigenvalue weighted by Crippen LogP contribution is 2.42. The van der Waals surface area contributed by atoms with Crippen molar-refractivity contribution in [1.29, 1.82) is 0 Å². The van der Waals surface area contributed by atoms with Crippen LogP contribution in [-0.4, -0.2) is 6.54 Å². The molecule has 1 heterocycles. The molecule has 1 atom stereocenters. The van der Waals surface area contributed by atoms with E-state index in [-0.39, 0.29) is 5.54 Å². The summed E-state index contributed by atoms with van der Waals surface area (Å²) in [5, 5.41) is 3.65. The smallest absolute Gasteiger partial charge is 0.166 e. The summed E-state index contributed by atoms with van der Waals surface area (Å²) >= 11 is 0. The predicted molar refractivity (Wildman–Crippen MR) is 113 cm³/mol. The van der Waals surface area contributed by atoms with E-state index in [1.54, 1.807) is 0 Å². The zero-order chi connectivity index (χ0) is 19.2. The summed E-state index contributed by atoms with van der Waals surface area (Å²) in [4.78, 5) is 0. The fourth-order valence-corrected chi connectivity index (χ4v) is 3.80. The van der Waals surface area contributed by atoms with Crippen LogP contribution in [0.25, 0.3) is 0 Å². The second kappa shape index (κ2) is 8.49. The average Bonchev–Trinajstić information content (AvgIpc) is 3.20. The Kier molecular flexibility index (Phi) is 5.63. The van der Waals surface area contributed by atoms with E-state index in [0.29, 0.717) is 13.2 Å². The van der Waals surface area contributed by atoms with Gasteiger partial charge >= 0.3 is 0 Å². The van der Waals surface area contributed by atoms with Crippen molar-refractivity contribution in [2.24, 2.45) is 0 Å². The molecule has 3 nitrogen and oxygen atoms in total. The molecule has 0 spiro atoms. The van der Waals surface area contributed by atoms with Crippen molar-refractivity contribution in [2.45, 2.75) is 38.5 Å². The molecule has 0 amide bonds. The topological polar surface area (TPSA) is 30.5 Å². The van der Waals surface area contributed by atoms with E-state index >= 15 is 0 Å². The van der Waals surface area contributed by atoms with Crippen LogP contribution in [0.4, 0.5) is 0 Å². The van der Waals surface area contributed by atoms with E-state index < -0.39 is 0 Å². The average molecular weight is 373 g/mol. The largest absolute Gasteiger partial charge is 0.485 e. The van der Waals surface area contributed by atoms with Crippen LogP contribution in [-0.2, 0) is 18.8 Å². The molecule has 1 fully saturated rings. The molecule has 1 aliphatic rings. The maximum atomic E-state index is 6.36. The number of benzene rings is 3. The Morgan fingerprint density at radius 3 is 2.04 bits per heavy atom. The van der Waals surface area contributed by atoms with E-state index in [1.165, 1.54) is 12.0 Å². The first kappa shape index (κ1) is 18.6. The summed E-state index contributed by atoms with van der Waals surface area (Å²) in [6, 6.07) is 26.7. The van der Waals surface area contributed by atoms with E-state index in [9.17, 15) is 0 Å². The molecule has 3 heteroatoms. The Morgan fingerprint density at radius 1 is 0.786 bits per heavy atom. The van der Waals surface area contributed by atoms with Crippen LogP contribution >= 0.6 is 0 Å². The molecule has 1 aliphatic heterocycles. The van der Waals surface area contributed by atoms with Gasteiger partial charge in [0.1, 0.15) is 13.2 Å². The highest BCUT2D eigenvalue weighted by molar-refractivity contribution is 5.50. The van der Waals surface area contributed by atoms with Gasteiger partial charge in [-0.2, -0.15) is 0 Å². The van der Waals surface area contributed by atoms with Crippen LogP contribution in [0.15, 0.2) is 78.9 Å². The molecule has 0 aromatic heterocycles. The van der Waals surface area contributed by atoms with Gasteiger partial charge in [-0.15, -0.1) is 0 Å². The van der Waals surface area contributed by atoms with Gasteiger partial charge in [0.2, 0.25) is 0 Å². The molecule has 1 saturated heterocycles. The third kappa shape index (κ3) is 4.20. The normalized spacial score (nSPS) is 18.8. The van der Waals surface area contributed by atoms with Gasteiger partial charge in [0.05, 0.1) is 0 Å². The van der Waals surface area contributed by atoms with Crippen LogP contribution in [0.1, 0.15) is 36.5 Å². The lowest BCUT2D eigenvalue weighted by atomic mass is 9.89. The quantitative estimate of drug-likeness (QED) is 0.598. The van der Waals surface area contributed by atoms with Crippen molar-refractivity contribution < 1.29 is 9.47 Å². The molecule has 28 heavy (non-hydrogen) atoms. The van der Waals surface area contributed by atoms with Crippen LogP contribution in [0.3, 0.4) is 0 Å². The van der Waals surface area contributed by atoms with Crippen LogP contribution in [0.5, 0.6) is 11.5 Å². The SMILES string of the molecule is CC1(c2cccc(OCc3ccccc3)c2OCc2ccccc2)CCCN1. The Hall–Kier alpha value is -2.78. The highest BCUT2D eigenvalue weighted by Gasteiger charge is 2.34. The maximum absolute atomic E-state index is 6.36. The third-order valence-electron chi connectivity index (χ3n) is 5.41. The second-order valence-electron chi connectivity index (χ2n) is 7.54. The van der Waals surface area contributed by atoms with Crippen molar-refractivity contribution in [3.63, 3.8) is 0 Å². The number of rotatable bonds is 7. The van der Waals surface area contributed by atoms with Gasteiger partial charge in [0.25, 0.3) is 0 Å². The van der Waals surface area contributed by atoms with Crippen LogP contribution in [0.2, 0.25) is 0 Å². The molecule has 1 N–H and O–H groups in total. The number of nitrogens with one attached hydrogen (secondary N) is 1. The number of ether oxygens (including phenoxy) is 2. The van der Waals surface area contributed by atoms with Crippen molar-refractivity contribution in [2.75, 3.05) is 6.54 Å². The molecular weight excluding hydrogens is 346 g/mol. The number of hydrogen-bond acceptors (Lipinski definition) is 3. The lowest BCUT2D eigenvalue weighted by molar-refractivity contribution is 0.247. The molecule has 144 valence electrons. The zero-order valence-corrected chi connectivity index (χ0v) is 16.4. The van der Waals surface area contributed by atoms with E-state index in [4.69, 9.17) is 9.47 Å². The molecule has 0 saturated carbocycles. The molecule has 3 aromatic rings. The maximum Gasteiger partial charge on any atom is 0.166 e. The molecule has 0 radical (unpaired) electrons. The molecule has 0 bridgehead atoms. The van der Waals surface area contributed by atoms with Crippen molar-refractivity contribution in [3.05, 3.63) is 95.6 Å².